The molecular weight excluding hydrogens is 196 g/mol. The first-order valence-electron chi connectivity index (χ1n) is 5.43. The summed E-state index contributed by atoms with van der Waals surface area (Å²) in [5.41, 5.74) is 1.07. The third-order valence-corrected chi connectivity index (χ3v) is 2.54. The Hall–Kier alpha value is -1.89. The largest absolute Gasteiger partial charge is 0.294 e. The summed E-state index contributed by atoms with van der Waals surface area (Å²) in [5.74, 6) is 0.151. The zero-order valence-electron chi connectivity index (χ0n) is 9.31. The SMILES string of the molecule is CC=CC(=O)Cc1ccc2ccccc2c1. The maximum absolute atomic E-state index is 11.5. The number of ketones is 1. The van der Waals surface area contributed by atoms with E-state index >= 15 is 0 Å². The van der Waals surface area contributed by atoms with Gasteiger partial charge in [-0.1, -0.05) is 48.5 Å². The van der Waals surface area contributed by atoms with Gasteiger partial charge in [-0.2, -0.15) is 0 Å². The molecule has 0 spiro atoms. The summed E-state index contributed by atoms with van der Waals surface area (Å²) < 4.78 is 0. The molecule has 0 saturated carbocycles. The second kappa shape index (κ2) is 4.75. The molecule has 0 radical (unpaired) electrons. The average molecular weight is 210 g/mol. The first-order chi connectivity index (χ1) is 7.79. The summed E-state index contributed by atoms with van der Waals surface area (Å²) in [6, 6.07) is 14.3. The van der Waals surface area contributed by atoms with Crippen molar-refractivity contribution < 1.29 is 4.79 Å². The highest BCUT2D eigenvalue weighted by Gasteiger charge is 2.00. The van der Waals surface area contributed by atoms with Crippen molar-refractivity contribution in [2.75, 3.05) is 0 Å². The number of allylic oxidation sites excluding steroid dienone is 2. The van der Waals surface area contributed by atoms with Crippen molar-refractivity contribution in [3.8, 4) is 0 Å². The van der Waals surface area contributed by atoms with E-state index < -0.39 is 0 Å². The zero-order chi connectivity index (χ0) is 11.4. The topological polar surface area (TPSA) is 17.1 Å². The molecule has 1 heteroatoms. The molecule has 0 aliphatic heterocycles. The van der Waals surface area contributed by atoms with Gasteiger partial charge in [-0.05, 0) is 29.3 Å². The van der Waals surface area contributed by atoms with Gasteiger partial charge in [0.1, 0.15) is 0 Å². The fraction of sp³-hybridized carbons (Fsp3) is 0.133. The second-order valence-electron chi connectivity index (χ2n) is 3.82. The van der Waals surface area contributed by atoms with E-state index in [0.717, 1.165) is 5.56 Å². The monoisotopic (exact) mass is 210 g/mol. The molecule has 2 rings (SSSR count). The highest BCUT2D eigenvalue weighted by Crippen LogP contribution is 2.16. The molecule has 2 aromatic carbocycles. The van der Waals surface area contributed by atoms with Gasteiger partial charge in [-0.15, -0.1) is 0 Å². The molecule has 0 unspecified atom stereocenters. The molecule has 1 nitrogen and oxygen atoms in total. The van der Waals surface area contributed by atoms with Gasteiger partial charge in [0, 0.05) is 6.42 Å². The lowest BCUT2D eigenvalue weighted by atomic mass is 10.0. The highest BCUT2D eigenvalue weighted by atomic mass is 16.1. The summed E-state index contributed by atoms with van der Waals surface area (Å²) >= 11 is 0. The number of rotatable bonds is 3. The minimum atomic E-state index is 0.151. The minimum Gasteiger partial charge on any atom is -0.294 e. The van der Waals surface area contributed by atoms with Gasteiger partial charge in [0.25, 0.3) is 0 Å². The standard InChI is InChI=1S/C15H14O/c1-2-5-15(16)11-12-8-9-13-6-3-4-7-14(13)10-12/h2-10H,11H2,1H3. The third-order valence-electron chi connectivity index (χ3n) is 2.54. The predicted molar refractivity (Wildman–Crippen MR) is 67.5 cm³/mol. The van der Waals surface area contributed by atoms with Crippen molar-refractivity contribution in [2.45, 2.75) is 13.3 Å². The quantitative estimate of drug-likeness (QED) is 0.708. The number of fused-ring (bicyclic) bond motifs is 1. The van der Waals surface area contributed by atoms with Crippen LogP contribution in [0.5, 0.6) is 0 Å². The van der Waals surface area contributed by atoms with Gasteiger partial charge < -0.3 is 0 Å². The number of hydrogen-bond acceptors (Lipinski definition) is 1. The van der Waals surface area contributed by atoms with Crippen LogP contribution < -0.4 is 0 Å². The number of carbonyl (C=O) groups excluding carboxylic acids is 1. The van der Waals surface area contributed by atoms with Crippen LogP contribution in [-0.2, 0) is 11.2 Å². The maximum atomic E-state index is 11.5. The van der Waals surface area contributed by atoms with Crippen LogP contribution >= 0.6 is 0 Å². The Morgan fingerprint density at radius 3 is 2.62 bits per heavy atom. The Balaban J connectivity index is 2.29. The first-order valence-corrected chi connectivity index (χ1v) is 5.43. The lowest BCUT2D eigenvalue weighted by molar-refractivity contribution is -0.114. The Labute approximate surface area is 95.4 Å². The van der Waals surface area contributed by atoms with Crippen molar-refractivity contribution in [2.24, 2.45) is 0 Å². The highest BCUT2D eigenvalue weighted by molar-refractivity contribution is 5.92. The van der Waals surface area contributed by atoms with Crippen LogP contribution in [0.2, 0.25) is 0 Å². The molecule has 16 heavy (non-hydrogen) atoms. The van der Waals surface area contributed by atoms with Gasteiger partial charge in [0.05, 0.1) is 0 Å². The summed E-state index contributed by atoms with van der Waals surface area (Å²) in [5, 5.41) is 2.40. The van der Waals surface area contributed by atoms with Crippen LogP contribution in [0.3, 0.4) is 0 Å². The Bertz CT molecular complexity index is 538. The van der Waals surface area contributed by atoms with Crippen molar-refractivity contribution in [3.05, 3.63) is 60.2 Å². The summed E-state index contributed by atoms with van der Waals surface area (Å²) in [4.78, 5) is 11.5. The van der Waals surface area contributed by atoms with E-state index in [-0.39, 0.29) is 5.78 Å². The van der Waals surface area contributed by atoms with Crippen LogP contribution in [0, 0.1) is 0 Å². The number of carbonyl (C=O) groups is 1. The zero-order valence-corrected chi connectivity index (χ0v) is 9.31. The van der Waals surface area contributed by atoms with E-state index in [9.17, 15) is 4.79 Å². The van der Waals surface area contributed by atoms with Crippen LogP contribution in [0.15, 0.2) is 54.6 Å². The number of hydrogen-bond donors (Lipinski definition) is 0. The van der Waals surface area contributed by atoms with Crippen LogP contribution in [0.1, 0.15) is 12.5 Å². The molecule has 80 valence electrons. The van der Waals surface area contributed by atoms with Crippen LogP contribution in [-0.4, -0.2) is 5.78 Å². The molecule has 0 atom stereocenters. The van der Waals surface area contributed by atoms with Crippen molar-refractivity contribution in [3.63, 3.8) is 0 Å². The molecule has 0 heterocycles. The predicted octanol–water partition coefficient (Wildman–Crippen LogP) is 3.53. The summed E-state index contributed by atoms with van der Waals surface area (Å²) in [6.07, 6.45) is 3.88. The molecule has 0 N–H and O–H groups in total. The molecule has 0 bridgehead atoms. The molecule has 2 aromatic rings. The van der Waals surface area contributed by atoms with E-state index in [1.807, 2.05) is 25.1 Å². The van der Waals surface area contributed by atoms with Crippen molar-refractivity contribution >= 4 is 16.6 Å². The smallest absolute Gasteiger partial charge is 0.159 e. The van der Waals surface area contributed by atoms with Gasteiger partial charge in [0.15, 0.2) is 5.78 Å². The average Bonchev–Trinajstić information content (AvgIpc) is 2.29. The minimum absolute atomic E-state index is 0.151. The molecule has 0 amide bonds. The van der Waals surface area contributed by atoms with E-state index in [1.165, 1.54) is 10.8 Å². The Kier molecular flexibility index (Phi) is 3.16. The normalized spacial score (nSPS) is 11.1. The second-order valence-corrected chi connectivity index (χ2v) is 3.82. The summed E-state index contributed by atoms with van der Waals surface area (Å²) in [7, 11) is 0. The van der Waals surface area contributed by atoms with Gasteiger partial charge in [-0.3, -0.25) is 4.79 Å². The van der Waals surface area contributed by atoms with Gasteiger partial charge in [0.2, 0.25) is 0 Å². The van der Waals surface area contributed by atoms with E-state index in [1.54, 1.807) is 12.2 Å². The lowest BCUT2D eigenvalue weighted by Crippen LogP contribution is -1.97. The molecular formula is C15H14O. The van der Waals surface area contributed by atoms with Crippen molar-refractivity contribution in [1.82, 2.24) is 0 Å². The number of benzene rings is 2. The summed E-state index contributed by atoms with van der Waals surface area (Å²) in [6.45, 7) is 1.86. The maximum Gasteiger partial charge on any atom is 0.159 e. The molecule has 0 fully saturated rings. The molecule has 0 aliphatic rings. The Morgan fingerprint density at radius 2 is 1.88 bits per heavy atom. The fourth-order valence-corrected chi connectivity index (χ4v) is 1.79. The first kappa shape index (κ1) is 10.6. The van der Waals surface area contributed by atoms with Crippen molar-refractivity contribution in [1.29, 1.82) is 0 Å². The third kappa shape index (κ3) is 2.37. The van der Waals surface area contributed by atoms with Crippen LogP contribution in [0.4, 0.5) is 0 Å². The van der Waals surface area contributed by atoms with Gasteiger partial charge in [-0.25, -0.2) is 0 Å². The molecule has 0 saturated heterocycles. The van der Waals surface area contributed by atoms with E-state index in [0.29, 0.717) is 6.42 Å². The van der Waals surface area contributed by atoms with Gasteiger partial charge >= 0.3 is 0 Å². The van der Waals surface area contributed by atoms with E-state index in [2.05, 4.69) is 24.3 Å². The van der Waals surface area contributed by atoms with E-state index in [4.69, 9.17) is 0 Å². The molecule has 0 aliphatic carbocycles. The Morgan fingerprint density at radius 1 is 1.12 bits per heavy atom. The fourth-order valence-electron chi connectivity index (χ4n) is 1.79. The lowest BCUT2D eigenvalue weighted by Gasteiger charge is -2.01. The van der Waals surface area contributed by atoms with Crippen LogP contribution in [0.25, 0.3) is 10.8 Å². The molecule has 0 aromatic heterocycles.